The Morgan fingerprint density at radius 1 is 1.22 bits per heavy atom. The summed E-state index contributed by atoms with van der Waals surface area (Å²) in [6.45, 7) is 6.47. The van der Waals surface area contributed by atoms with E-state index < -0.39 is 15.9 Å². The van der Waals surface area contributed by atoms with Gasteiger partial charge in [0, 0.05) is 46.6 Å². The molecule has 0 unspecified atom stereocenters. The molecule has 11 heteroatoms. The van der Waals surface area contributed by atoms with Crippen LogP contribution in [-0.4, -0.2) is 76.2 Å². The zero-order valence-electron chi connectivity index (χ0n) is 22.4. The molecule has 1 aliphatic heterocycles. The lowest BCUT2D eigenvalue weighted by molar-refractivity contribution is 0.0977. The first kappa shape index (κ1) is 26.9. The summed E-state index contributed by atoms with van der Waals surface area (Å²) in [6.07, 6.45) is 2.87. The Balaban J connectivity index is 1.93. The van der Waals surface area contributed by atoms with E-state index in [0.29, 0.717) is 11.6 Å². The minimum absolute atomic E-state index is 0.0344. The lowest BCUT2D eigenvalue weighted by Gasteiger charge is -2.34. The summed E-state index contributed by atoms with van der Waals surface area (Å²) in [4.78, 5) is 21.9. The fraction of sp³-hybridized carbons (Fsp3) is 0.500. The number of ether oxygens (including phenoxy) is 1. The van der Waals surface area contributed by atoms with Gasteiger partial charge in [-0.2, -0.15) is 5.10 Å². The molecule has 1 aromatic carbocycles. The summed E-state index contributed by atoms with van der Waals surface area (Å²) in [5.41, 5.74) is 4.08. The van der Waals surface area contributed by atoms with Gasteiger partial charge in [0.1, 0.15) is 5.69 Å². The zero-order valence-corrected chi connectivity index (χ0v) is 23.2. The van der Waals surface area contributed by atoms with Crippen LogP contribution in [0.25, 0.3) is 16.7 Å². The molecule has 4 rings (SSSR count). The number of carbonyl (C=O) groups is 1. The van der Waals surface area contributed by atoms with Crippen LogP contribution in [0.2, 0.25) is 0 Å². The van der Waals surface area contributed by atoms with Gasteiger partial charge in [0.25, 0.3) is 5.91 Å². The van der Waals surface area contributed by atoms with Gasteiger partial charge in [-0.15, -0.1) is 0 Å². The van der Waals surface area contributed by atoms with Gasteiger partial charge in [0.05, 0.1) is 28.7 Å². The first-order chi connectivity index (χ1) is 17.5. The number of anilines is 2. The van der Waals surface area contributed by atoms with Crippen LogP contribution in [0.1, 0.15) is 48.8 Å². The highest BCUT2D eigenvalue weighted by atomic mass is 32.2. The number of hydrogen-bond donors (Lipinski definition) is 1. The fourth-order valence-corrected chi connectivity index (χ4v) is 5.21. The summed E-state index contributed by atoms with van der Waals surface area (Å²) in [5, 5.41) is 5.85. The monoisotopic (exact) mass is 528 g/mol. The van der Waals surface area contributed by atoms with Gasteiger partial charge >= 0.3 is 0 Å². The second kappa shape index (κ2) is 10.7. The van der Waals surface area contributed by atoms with Gasteiger partial charge in [-0.3, -0.25) is 4.79 Å². The van der Waals surface area contributed by atoms with Crippen LogP contribution >= 0.6 is 0 Å². The molecule has 10 nitrogen and oxygen atoms in total. The number of sulfonamides is 1. The van der Waals surface area contributed by atoms with Gasteiger partial charge in [0.15, 0.2) is 5.65 Å². The number of aromatic nitrogens is 3. The van der Waals surface area contributed by atoms with E-state index in [4.69, 9.17) is 9.84 Å². The number of piperidine rings is 1. The number of pyridine rings is 1. The Morgan fingerprint density at radius 3 is 2.51 bits per heavy atom. The molecule has 1 aliphatic rings. The number of fused-ring (bicyclic) bond motifs is 1. The first-order valence-electron chi connectivity index (χ1n) is 12.5. The third-order valence-electron chi connectivity index (χ3n) is 6.65. The van der Waals surface area contributed by atoms with Crippen molar-refractivity contribution in [3.63, 3.8) is 0 Å². The van der Waals surface area contributed by atoms with E-state index >= 15 is 0 Å². The number of methoxy groups -OCH3 is 1. The minimum Gasteiger partial charge on any atom is -0.384 e. The average molecular weight is 529 g/mol. The summed E-state index contributed by atoms with van der Waals surface area (Å²) in [5.74, 6) is -0.184. The molecule has 1 amide bonds. The number of rotatable bonds is 8. The van der Waals surface area contributed by atoms with E-state index in [2.05, 4.69) is 28.5 Å². The lowest BCUT2D eigenvalue weighted by Crippen LogP contribution is -2.36. The molecular weight excluding hydrogens is 492 g/mol. The molecule has 1 saturated heterocycles. The van der Waals surface area contributed by atoms with Crippen molar-refractivity contribution in [3.8, 4) is 5.69 Å². The smallest absolute Gasteiger partial charge is 0.283 e. The highest BCUT2D eigenvalue weighted by Gasteiger charge is 2.28. The standard InChI is InChI=1S/C26H36N6O4S/c1-17(2)24-23-22(31-12-10-18(11-13-31)16-36-5)15-21(26(33)29-37(6,34)35)27-25(23)32(28-24)20-9-7-8-19(14-20)30(3)4/h7-9,14-15,17-18H,10-13,16H2,1-6H3,(H,29,33). The molecule has 0 saturated carbocycles. The van der Waals surface area contributed by atoms with Crippen molar-refractivity contribution >= 4 is 38.3 Å². The predicted molar refractivity (Wildman–Crippen MR) is 146 cm³/mol. The Kier molecular flexibility index (Phi) is 7.75. The SMILES string of the molecule is COCC1CCN(c2cc(C(=O)NS(C)(=O)=O)nc3c2c(C(C)C)nn3-c2cccc(N(C)C)c2)CC1. The van der Waals surface area contributed by atoms with Crippen LogP contribution in [-0.2, 0) is 14.8 Å². The summed E-state index contributed by atoms with van der Waals surface area (Å²) < 4.78 is 32.9. The summed E-state index contributed by atoms with van der Waals surface area (Å²) in [7, 11) is 1.90. The minimum atomic E-state index is -3.76. The van der Waals surface area contributed by atoms with Gasteiger partial charge in [-0.25, -0.2) is 22.8 Å². The molecule has 0 radical (unpaired) electrons. The molecule has 0 bridgehead atoms. The molecule has 1 N–H and O–H groups in total. The fourth-order valence-electron chi connectivity index (χ4n) is 4.77. The van der Waals surface area contributed by atoms with Crippen molar-refractivity contribution in [2.24, 2.45) is 5.92 Å². The van der Waals surface area contributed by atoms with E-state index in [1.807, 2.05) is 43.3 Å². The largest absolute Gasteiger partial charge is 0.384 e. The lowest BCUT2D eigenvalue weighted by atomic mass is 9.96. The van der Waals surface area contributed by atoms with Crippen molar-refractivity contribution in [2.45, 2.75) is 32.6 Å². The predicted octanol–water partition coefficient (Wildman–Crippen LogP) is 3.16. The highest BCUT2D eigenvalue weighted by Crippen LogP contribution is 2.37. The second-order valence-corrected chi connectivity index (χ2v) is 11.9. The summed E-state index contributed by atoms with van der Waals surface area (Å²) >= 11 is 0. The highest BCUT2D eigenvalue weighted by molar-refractivity contribution is 7.89. The van der Waals surface area contributed by atoms with Crippen LogP contribution in [0.3, 0.4) is 0 Å². The number of carbonyl (C=O) groups excluding carboxylic acids is 1. The molecule has 1 fully saturated rings. The van der Waals surface area contributed by atoms with Crippen molar-refractivity contribution in [1.29, 1.82) is 0 Å². The van der Waals surface area contributed by atoms with Crippen molar-refractivity contribution < 1.29 is 17.9 Å². The molecular formula is C26H36N6O4S. The van der Waals surface area contributed by atoms with E-state index in [9.17, 15) is 13.2 Å². The zero-order chi connectivity index (χ0) is 26.9. The summed E-state index contributed by atoms with van der Waals surface area (Å²) in [6, 6.07) is 9.62. The van der Waals surface area contributed by atoms with Gasteiger partial charge in [-0.05, 0) is 48.9 Å². The van der Waals surface area contributed by atoms with E-state index in [1.165, 1.54) is 0 Å². The maximum Gasteiger partial charge on any atom is 0.283 e. The quantitative estimate of drug-likeness (QED) is 0.475. The van der Waals surface area contributed by atoms with Gasteiger partial charge in [-0.1, -0.05) is 19.9 Å². The topological polar surface area (TPSA) is 110 Å². The number of hydrogen-bond acceptors (Lipinski definition) is 8. The van der Waals surface area contributed by atoms with Crippen LogP contribution in [0.5, 0.6) is 0 Å². The Labute approximate surface area is 218 Å². The van der Waals surface area contributed by atoms with Crippen molar-refractivity contribution in [2.75, 3.05) is 57.0 Å². The van der Waals surface area contributed by atoms with Crippen LogP contribution < -0.4 is 14.5 Å². The number of amides is 1. The van der Waals surface area contributed by atoms with Crippen molar-refractivity contribution in [3.05, 3.63) is 41.7 Å². The molecule has 0 atom stereocenters. The molecule has 0 spiro atoms. The van der Waals surface area contributed by atoms with Crippen molar-refractivity contribution in [1.82, 2.24) is 19.5 Å². The van der Waals surface area contributed by atoms with E-state index in [-0.39, 0.29) is 11.6 Å². The average Bonchev–Trinajstić information content (AvgIpc) is 3.23. The maximum atomic E-state index is 13.0. The maximum absolute atomic E-state index is 13.0. The Hall–Kier alpha value is -3.18. The van der Waals surface area contributed by atoms with E-state index in [0.717, 1.165) is 66.9 Å². The molecule has 3 aromatic rings. The van der Waals surface area contributed by atoms with E-state index in [1.54, 1.807) is 17.9 Å². The Bertz CT molecular complexity index is 1390. The molecule has 200 valence electrons. The number of nitrogens with zero attached hydrogens (tertiary/aromatic N) is 5. The molecule has 3 heterocycles. The van der Waals surface area contributed by atoms with Crippen LogP contribution in [0, 0.1) is 5.92 Å². The third-order valence-corrected chi connectivity index (χ3v) is 7.21. The molecule has 0 aliphatic carbocycles. The molecule has 37 heavy (non-hydrogen) atoms. The number of benzene rings is 1. The first-order valence-corrected chi connectivity index (χ1v) is 14.3. The van der Waals surface area contributed by atoms with Gasteiger partial charge < -0.3 is 14.5 Å². The van der Waals surface area contributed by atoms with Gasteiger partial charge in [0.2, 0.25) is 10.0 Å². The third kappa shape index (κ3) is 5.88. The van der Waals surface area contributed by atoms with Crippen LogP contribution in [0.4, 0.5) is 11.4 Å². The van der Waals surface area contributed by atoms with Crippen LogP contribution in [0.15, 0.2) is 30.3 Å². The second-order valence-electron chi connectivity index (χ2n) is 10.2. The normalized spacial score (nSPS) is 14.9. The Morgan fingerprint density at radius 2 is 1.92 bits per heavy atom. The number of nitrogens with one attached hydrogen (secondary N) is 1. The molecule has 2 aromatic heterocycles.